The third-order valence-corrected chi connectivity index (χ3v) is 3.38. The van der Waals surface area contributed by atoms with E-state index in [1.165, 1.54) is 18.2 Å². The monoisotopic (exact) mass is 306 g/mol. The Balaban J connectivity index is 2.36. The van der Waals surface area contributed by atoms with Crippen LogP contribution in [0.15, 0.2) is 36.4 Å². The van der Waals surface area contributed by atoms with Crippen LogP contribution < -0.4 is 0 Å². The van der Waals surface area contributed by atoms with E-state index in [1.807, 2.05) is 0 Å². The summed E-state index contributed by atoms with van der Waals surface area (Å²) in [5.41, 5.74) is 0.883. The molecule has 0 bridgehead atoms. The highest BCUT2D eigenvalue weighted by atomic mass is 19.1. The van der Waals surface area contributed by atoms with Crippen molar-refractivity contribution < 1.29 is 23.4 Å². The summed E-state index contributed by atoms with van der Waals surface area (Å²) in [6, 6.07) is 7.63. The molecule has 0 fully saturated rings. The molecule has 1 unspecified atom stereocenters. The average molecular weight is 306 g/mol. The predicted molar refractivity (Wildman–Crippen MR) is 78.5 cm³/mol. The molecule has 0 amide bonds. The first-order valence-corrected chi connectivity index (χ1v) is 6.89. The fourth-order valence-corrected chi connectivity index (χ4v) is 2.16. The number of halogens is 2. The molecule has 0 aliphatic heterocycles. The molecule has 1 N–H and O–H groups in total. The first-order valence-electron chi connectivity index (χ1n) is 6.89. The Kier molecular flexibility index (Phi) is 4.75. The highest BCUT2D eigenvalue weighted by Crippen LogP contribution is 2.34. The smallest absolute Gasteiger partial charge is 0.313 e. The summed E-state index contributed by atoms with van der Waals surface area (Å²) in [5.74, 6) is -2.57. The summed E-state index contributed by atoms with van der Waals surface area (Å²) < 4.78 is 31.6. The molecular weight excluding hydrogens is 290 g/mol. The third kappa shape index (κ3) is 3.24. The highest BCUT2D eigenvalue weighted by molar-refractivity contribution is 5.79. The van der Waals surface area contributed by atoms with Crippen LogP contribution in [-0.2, 0) is 9.53 Å². The van der Waals surface area contributed by atoms with Gasteiger partial charge in [-0.05, 0) is 37.6 Å². The molecule has 0 radical (unpaired) electrons. The van der Waals surface area contributed by atoms with Gasteiger partial charge in [-0.2, -0.15) is 0 Å². The molecule has 116 valence electrons. The van der Waals surface area contributed by atoms with Gasteiger partial charge < -0.3 is 9.84 Å². The molecule has 0 spiro atoms. The molecule has 2 aromatic rings. The van der Waals surface area contributed by atoms with E-state index in [2.05, 4.69) is 0 Å². The van der Waals surface area contributed by atoms with E-state index < -0.39 is 23.5 Å². The summed E-state index contributed by atoms with van der Waals surface area (Å²) in [7, 11) is 0. The Morgan fingerprint density at radius 1 is 1.18 bits per heavy atom. The van der Waals surface area contributed by atoms with Gasteiger partial charge in [0.05, 0.1) is 12.5 Å². The molecule has 0 aliphatic rings. The first-order chi connectivity index (χ1) is 10.4. The zero-order chi connectivity index (χ0) is 16.3. The molecule has 0 heterocycles. The zero-order valence-electron chi connectivity index (χ0n) is 12.3. The van der Waals surface area contributed by atoms with Crippen LogP contribution in [0.5, 0.6) is 5.75 Å². The van der Waals surface area contributed by atoms with Crippen LogP contribution in [0.1, 0.15) is 25.3 Å². The fraction of sp³-hybridized carbons (Fsp3) is 0.235. The van der Waals surface area contributed by atoms with Gasteiger partial charge in [0.1, 0.15) is 17.4 Å². The van der Waals surface area contributed by atoms with Crippen LogP contribution in [0, 0.1) is 11.6 Å². The number of rotatable bonds is 4. The first kappa shape index (κ1) is 15.9. The molecular formula is C17H16F2O3. The molecule has 0 aliphatic carbocycles. The number of hydrogen-bond acceptors (Lipinski definition) is 3. The van der Waals surface area contributed by atoms with Crippen LogP contribution in [0.4, 0.5) is 8.78 Å². The minimum atomic E-state index is -0.763. The number of hydrogen-bond donors (Lipinski definition) is 1. The minimum Gasteiger partial charge on any atom is -0.507 e. The van der Waals surface area contributed by atoms with Crippen LogP contribution in [0.25, 0.3) is 11.1 Å². The Labute approximate surface area is 127 Å². The number of carbonyl (C=O) groups excluding carboxylic acids is 1. The summed E-state index contributed by atoms with van der Waals surface area (Å²) >= 11 is 0. The summed E-state index contributed by atoms with van der Waals surface area (Å²) in [5, 5.41) is 10.1. The zero-order valence-corrected chi connectivity index (χ0v) is 12.3. The maximum Gasteiger partial charge on any atom is 0.313 e. The Hall–Kier alpha value is -2.43. The minimum absolute atomic E-state index is 0.0919. The second kappa shape index (κ2) is 6.56. The number of phenols is 1. The second-order valence-corrected chi connectivity index (χ2v) is 4.87. The molecule has 3 nitrogen and oxygen atoms in total. The van der Waals surface area contributed by atoms with Crippen molar-refractivity contribution in [3.05, 3.63) is 53.6 Å². The van der Waals surface area contributed by atoms with Crippen molar-refractivity contribution in [3.63, 3.8) is 0 Å². The molecule has 22 heavy (non-hydrogen) atoms. The van der Waals surface area contributed by atoms with Gasteiger partial charge in [-0.25, -0.2) is 8.78 Å². The molecule has 0 saturated carbocycles. The van der Waals surface area contributed by atoms with Crippen LogP contribution in [0.3, 0.4) is 0 Å². The molecule has 0 aromatic heterocycles. The maximum absolute atomic E-state index is 13.8. The van der Waals surface area contributed by atoms with Crippen molar-refractivity contribution >= 4 is 5.97 Å². The quantitative estimate of drug-likeness (QED) is 0.868. The molecule has 5 heteroatoms. The SMILES string of the molecule is CCOC(=O)C(C)c1ccc(-c2ccc(F)cc2F)c(O)c1. The van der Waals surface area contributed by atoms with Crippen molar-refractivity contribution in [2.24, 2.45) is 0 Å². The van der Waals surface area contributed by atoms with E-state index in [9.17, 15) is 18.7 Å². The van der Waals surface area contributed by atoms with E-state index in [1.54, 1.807) is 19.9 Å². The largest absolute Gasteiger partial charge is 0.507 e. The lowest BCUT2D eigenvalue weighted by Crippen LogP contribution is -2.12. The standard InChI is InChI=1S/C17H16F2O3/c1-3-22-17(21)10(2)11-4-6-14(16(20)8-11)13-7-5-12(18)9-15(13)19/h4-10,20H,3H2,1-2H3. The second-order valence-electron chi connectivity index (χ2n) is 4.87. The van der Waals surface area contributed by atoms with Gasteiger partial charge >= 0.3 is 5.97 Å². The molecule has 2 aromatic carbocycles. The van der Waals surface area contributed by atoms with Gasteiger partial charge in [-0.15, -0.1) is 0 Å². The van der Waals surface area contributed by atoms with E-state index in [0.29, 0.717) is 5.56 Å². The molecule has 0 saturated heterocycles. The third-order valence-electron chi connectivity index (χ3n) is 3.38. The Morgan fingerprint density at radius 3 is 2.45 bits per heavy atom. The van der Waals surface area contributed by atoms with Crippen LogP contribution >= 0.6 is 0 Å². The number of esters is 1. The highest BCUT2D eigenvalue weighted by Gasteiger charge is 2.18. The van der Waals surface area contributed by atoms with Crippen LogP contribution in [0.2, 0.25) is 0 Å². The van der Waals surface area contributed by atoms with Gasteiger partial charge in [0.15, 0.2) is 0 Å². The number of carbonyl (C=O) groups is 1. The van der Waals surface area contributed by atoms with E-state index in [4.69, 9.17) is 4.74 Å². The van der Waals surface area contributed by atoms with Crippen molar-refractivity contribution in [2.75, 3.05) is 6.61 Å². The van der Waals surface area contributed by atoms with E-state index in [-0.39, 0.29) is 23.5 Å². The number of benzene rings is 2. The predicted octanol–water partition coefficient (Wildman–Crippen LogP) is 4.00. The molecule has 2 rings (SSSR count). The summed E-state index contributed by atoms with van der Waals surface area (Å²) in [6.45, 7) is 3.64. The lowest BCUT2D eigenvalue weighted by Gasteiger charge is -2.13. The van der Waals surface area contributed by atoms with Crippen molar-refractivity contribution in [1.82, 2.24) is 0 Å². The topological polar surface area (TPSA) is 46.5 Å². The van der Waals surface area contributed by atoms with Gasteiger partial charge in [-0.3, -0.25) is 4.79 Å². The lowest BCUT2D eigenvalue weighted by atomic mass is 9.96. The summed E-state index contributed by atoms with van der Waals surface area (Å²) in [4.78, 5) is 11.7. The lowest BCUT2D eigenvalue weighted by molar-refractivity contribution is -0.144. The normalized spacial score (nSPS) is 12.0. The van der Waals surface area contributed by atoms with E-state index >= 15 is 0 Å². The molecule has 1 atom stereocenters. The van der Waals surface area contributed by atoms with Crippen molar-refractivity contribution in [1.29, 1.82) is 0 Å². The number of aromatic hydroxyl groups is 1. The van der Waals surface area contributed by atoms with Crippen molar-refractivity contribution in [2.45, 2.75) is 19.8 Å². The van der Waals surface area contributed by atoms with Gasteiger partial charge in [0.25, 0.3) is 0 Å². The van der Waals surface area contributed by atoms with Gasteiger partial charge in [0.2, 0.25) is 0 Å². The Morgan fingerprint density at radius 2 is 1.86 bits per heavy atom. The van der Waals surface area contributed by atoms with Gasteiger partial charge in [-0.1, -0.05) is 12.1 Å². The number of ether oxygens (including phenoxy) is 1. The average Bonchev–Trinajstić information content (AvgIpc) is 2.47. The van der Waals surface area contributed by atoms with Crippen LogP contribution in [-0.4, -0.2) is 17.7 Å². The van der Waals surface area contributed by atoms with Crippen molar-refractivity contribution in [3.8, 4) is 16.9 Å². The number of phenolic OH excluding ortho intramolecular Hbond substituents is 1. The summed E-state index contributed by atoms with van der Waals surface area (Å²) in [6.07, 6.45) is 0. The fourth-order valence-electron chi connectivity index (χ4n) is 2.16. The van der Waals surface area contributed by atoms with E-state index in [0.717, 1.165) is 12.1 Å². The maximum atomic E-state index is 13.8. The van der Waals surface area contributed by atoms with Gasteiger partial charge in [0, 0.05) is 17.2 Å². The Bertz CT molecular complexity index is 698.